The maximum Gasteiger partial charge on any atom is 0.251 e. The third kappa shape index (κ3) is 3.80. The Kier molecular flexibility index (Phi) is 4.99. The molecule has 1 amide bonds. The van der Waals surface area contributed by atoms with E-state index in [4.69, 9.17) is 0 Å². The first kappa shape index (κ1) is 14.5. The molecule has 1 aromatic carbocycles. The van der Waals surface area contributed by atoms with Crippen LogP contribution in [-0.2, 0) is 0 Å². The fourth-order valence-electron chi connectivity index (χ4n) is 2.56. The molecule has 3 nitrogen and oxygen atoms in total. The summed E-state index contributed by atoms with van der Waals surface area (Å²) >= 11 is 3.42. The van der Waals surface area contributed by atoms with E-state index in [2.05, 4.69) is 33.1 Å². The van der Waals surface area contributed by atoms with Crippen LogP contribution in [0.25, 0.3) is 0 Å². The van der Waals surface area contributed by atoms with Gasteiger partial charge in [0, 0.05) is 22.6 Å². The number of amides is 1. The Morgan fingerprint density at radius 1 is 1.53 bits per heavy atom. The number of benzene rings is 1. The highest BCUT2D eigenvalue weighted by atomic mass is 79.9. The summed E-state index contributed by atoms with van der Waals surface area (Å²) in [7, 11) is 0. The monoisotopic (exact) mass is 324 g/mol. The van der Waals surface area contributed by atoms with Crippen molar-refractivity contribution in [3.63, 3.8) is 0 Å². The zero-order valence-electron chi connectivity index (χ0n) is 11.6. The van der Waals surface area contributed by atoms with Crippen molar-refractivity contribution in [3.8, 4) is 0 Å². The third-order valence-corrected chi connectivity index (χ3v) is 4.23. The number of nitrogens with one attached hydrogen (secondary N) is 1. The maximum absolute atomic E-state index is 12.3. The lowest BCUT2D eigenvalue weighted by Gasteiger charge is -2.32. The Morgan fingerprint density at radius 3 is 3.05 bits per heavy atom. The largest absolute Gasteiger partial charge is 0.348 e. The molecule has 1 saturated heterocycles. The predicted octanol–water partition coefficient (Wildman–Crippen LogP) is 2.97. The molecule has 19 heavy (non-hydrogen) atoms. The molecule has 1 atom stereocenters. The number of aryl methyl sites for hydroxylation is 1. The van der Waals surface area contributed by atoms with Gasteiger partial charge in [0.15, 0.2) is 0 Å². The van der Waals surface area contributed by atoms with Gasteiger partial charge in [0.05, 0.1) is 0 Å². The lowest BCUT2D eigenvalue weighted by Crippen LogP contribution is -2.47. The number of carbonyl (C=O) groups is 1. The van der Waals surface area contributed by atoms with Crippen LogP contribution in [0.4, 0.5) is 0 Å². The lowest BCUT2D eigenvalue weighted by atomic mass is 10.0. The minimum absolute atomic E-state index is 0.0433. The van der Waals surface area contributed by atoms with Gasteiger partial charge in [0.1, 0.15) is 0 Å². The van der Waals surface area contributed by atoms with Crippen LogP contribution in [0.3, 0.4) is 0 Å². The van der Waals surface area contributed by atoms with Crippen LogP contribution in [-0.4, -0.2) is 36.5 Å². The zero-order valence-corrected chi connectivity index (χ0v) is 13.2. The van der Waals surface area contributed by atoms with Gasteiger partial charge >= 0.3 is 0 Å². The number of halogens is 1. The molecule has 1 unspecified atom stereocenters. The van der Waals surface area contributed by atoms with E-state index in [1.165, 1.54) is 0 Å². The molecule has 2 rings (SSSR count). The average molecular weight is 325 g/mol. The van der Waals surface area contributed by atoms with Gasteiger partial charge in [0.25, 0.3) is 5.91 Å². The fraction of sp³-hybridized carbons (Fsp3) is 0.533. The normalized spacial score (nSPS) is 20.3. The second-order valence-corrected chi connectivity index (χ2v) is 6.08. The van der Waals surface area contributed by atoms with Gasteiger partial charge in [-0.15, -0.1) is 0 Å². The SMILES string of the molecule is CCN1CCCC(NC(=O)c2cc(Br)ccc2C)C1. The van der Waals surface area contributed by atoms with Crippen LogP contribution >= 0.6 is 15.9 Å². The van der Waals surface area contributed by atoms with E-state index in [1.807, 2.05) is 25.1 Å². The molecule has 1 heterocycles. The first-order chi connectivity index (χ1) is 9.10. The summed E-state index contributed by atoms with van der Waals surface area (Å²) < 4.78 is 0.946. The van der Waals surface area contributed by atoms with E-state index in [0.717, 1.165) is 48.1 Å². The lowest BCUT2D eigenvalue weighted by molar-refractivity contribution is 0.0905. The maximum atomic E-state index is 12.3. The summed E-state index contributed by atoms with van der Waals surface area (Å²) in [4.78, 5) is 14.7. The molecule has 0 bridgehead atoms. The summed E-state index contributed by atoms with van der Waals surface area (Å²) in [5.41, 5.74) is 1.78. The van der Waals surface area contributed by atoms with E-state index in [-0.39, 0.29) is 11.9 Å². The minimum Gasteiger partial charge on any atom is -0.348 e. The topological polar surface area (TPSA) is 32.3 Å². The number of hydrogen-bond donors (Lipinski definition) is 1. The van der Waals surface area contributed by atoms with E-state index < -0.39 is 0 Å². The van der Waals surface area contributed by atoms with Crippen LogP contribution < -0.4 is 5.32 Å². The summed E-state index contributed by atoms with van der Waals surface area (Å²) in [5.74, 6) is 0.0433. The Hall–Kier alpha value is -0.870. The highest BCUT2D eigenvalue weighted by Crippen LogP contribution is 2.17. The molecular weight excluding hydrogens is 304 g/mol. The molecule has 0 aliphatic carbocycles. The number of hydrogen-bond acceptors (Lipinski definition) is 2. The van der Waals surface area contributed by atoms with Gasteiger partial charge < -0.3 is 10.2 Å². The van der Waals surface area contributed by atoms with Crippen LogP contribution in [0.2, 0.25) is 0 Å². The van der Waals surface area contributed by atoms with Crippen molar-refractivity contribution in [3.05, 3.63) is 33.8 Å². The van der Waals surface area contributed by atoms with Crippen molar-refractivity contribution in [2.45, 2.75) is 32.7 Å². The van der Waals surface area contributed by atoms with Crippen LogP contribution in [0, 0.1) is 6.92 Å². The quantitative estimate of drug-likeness (QED) is 0.927. The molecule has 104 valence electrons. The van der Waals surface area contributed by atoms with Crippen LogP contribution in [0.5, 0.6) is 0 Å². The molecule has 1 aliphatic heterocycles. The van der Waals surface area contributed by atoms with Crippen molar-refractivity contribution in [2.75, 3.05) is 19.6 Å². The number of likely N-dealkylation sites (N-methyl/N-ethyl adjacent to an activating group) is 1. The fourth-order valence-corrected chi connectivity index (χ4v) is 2.92. The van der Waals surface area contributed by atoms with Gasteiger partial charge in [0.2, 0.25) is 0 Å². The van der Waals surface area contributed by atoms with Crippen molar-refractivity contribution >= 4 is 21.8 Å². The summed E-state index contributed by atoms with van der Waals surface area (Å²) in [6.07, 6.45) is 2.24. The standard InChI is InChI=1S/C15H21BrN2O/c1-3-18-8-4-5-13(10-18)17-15(19)14-9-12(16)7-6-11(14)2/h6-7,9,13H,3-5,8,10H2,1-2H3,(H,17,19). The van der Waals surface area contributed by atoms with Gasteiger partial charge in [-0.2, -0.15) is 0 Å². The van der Waals surface area contributed by atoms with Gasteiger partial charge in [-0.05, 0) is 50.6 Å². The predicted molar refractivity (Wildman–Crippen MR) is 81.5 cm³/mol. The molecule has 1 aromatic rings. The zero-order chi connectivity index (χ0) is 13.8. The molecule has 0 aromatic heterocycles. The Morgan fingerprint density at radius 2 is 2.32 bits per heavy atom. The van der Waals surface area contributed by atoms with E-state index >= 15 is 0 Å². The Labute approximate surface area is 123 Å². The molecule has 4 heteroatoms. The van der Waals surface area contributed by atoms with Gasteiger partial charge in [-0.3, -0.25) is 4.79 Å². The smallest absolute Gasteiger partial charge is 0.251 e. The first-order valence-corrected chi connectivity index (χ1v) is 7.69. The molecular formula is C15H21BrN2O. The van der Waals surface area contributed by atoms with E-state index in [0.29, 0.717) is 0 Å². The molecule has 0 saturated carbocycles. The Balaban J connectivity index is 2.02. The van der Waals surface area contributed by atoms with Crippen molar-refractivity contribution in [1.82, 2.24) is 10.2 Å². The minimum atomic E-state index is 0.0433. The molecule has 1 N–H and O–H groups in total. The highest BCUT2D eigenvalue weighted by Gasteiger charge is 2.21. The van der Waals surface area contributed by atoms with Crippen molar-refractivity contribution in [2.24, 2.45) is 0 Å². The van der Waals surface area contributed by atoms with Gasteiger partial charge in [-0.25, -0.2) is 0 Å². The van der Waals surface area contributed by atoms with E-state index in [1.54, 1.807) is 0 Å². The molecule has 0 radical (unpaired) electrons. The first-order valence-electron chi connectivity index (χ1n) is 6.89. The summed E-state index contributed by atoms with van der Waals surface area (Å²) in [6, 6.07) is 6.11. The van der Waals surface area contributed by atoms with Crippen LogP contribution in [0.15, 0.2) is 22.7 Å². The number of carbonyl (C=O) groups excluding carboxylic acids is 1. The second kappa shape index (κ2) is 6.53. The molecule has 0 spiro atoms. The summed E-state index contributed by atoms with van der Waals surface area (Å²) in [5, 5.41) is 3.17. The summed E-state index contributed by atoms with van der Waals surface area (Å²) in [6.45, 7) is 7.32. The number of likely N-dealkylation sites (tertiary alicyclic amines) is 1. The molecule has 1 aliphatic rings. The Bertz CT molecular complexity index is 461. The van der Waals surface area contributed by atoms with Crippen molar-refractivity contribution in [1.29, 1.82) is 0 Å². The third-order valence-electron chi connectivity index (χ3n) is 3.73. The van der Waals surface area contributed by atoms with Crippen LogP contribution in [0.1, 0.15) is 35.7 Å². The highest BCUT2D eigenvalue weighted by molar-refractivity contribution is 9.10. The van der Waals surface area contributed by atoms with Gasteiger partial charge in [-0.1, -0.05) is 28.9 Å². The number of piperidine rings is 1. The van der Waals surface area contributed by atoms with Crippen molar-refractivity contribution < 1.29 is 4.79 Å². The van der Waals surface area contributed by atoms with E-state index in [9.17, 15) is 4.79 Å². The average Bonchev–Trinajstić information content (AvgIpc) is 2.41. The number of nitrogens with zero attached hydrogens (tertiary/aromatic N) is 1. The second-order valence-electron chi connectivity index (χ2n) is 5.17. The number of rotatable bonds is 3. The molecule has 1 fully saturated rings.